The number of nitrogens with zero attached hydrogens (tertiary/aromatic N) is 1. The number of hydrogen-bond donors (Lipinski definition) is 3. The molecule has 0 aliphatic carbocycles. The number of nitrogens with two attached hydrogens (primary N) is 1. The standard InChI is InChI=1S/C20H34N4O2/c1-16(15-24(2)3)20(26)23-13-7-11-18-9-5-4-8-17(18)10-6-12-22-14-19(21)25/h4-5,8-9,16,22H,6-7,10-15H2,1-3H3,(H2,21,25)(H,23,26). The van der Waals surface area contributed by atoms with Gasteiger partial charge in [0.05, 0.1) is 6.54 Å². The number of nitrogens with one attached hydrogen (secondary N) is 2. The van der Waals surface area contributed by atoms with Gasteiger partial charge >= 0.3 is 0 Å². The number of aryl methyl sites for hydroxylation is 2. The van der Waals surface area contributed by atoms with E-state index in [1.54, 1.807) is 0 Å². The van der Waals surface area contributed by atoms with E-state index < -0.39 is 0 Å². The summed E-state index contributed by atoms with van der Waals surface area (Å²) in [5.41, 5.74) is 7.77. The van der Waals surface area contributed by atoms with Crippen molar-refractivity contribution >= 4 is 11.8 Å². The van der Waals surface area contributed by atoms with Crippen LogP contribution in [-0.4, -0.2) is 57.0 Å². The van der Waals surface area contributed by atoms with Crippen LogP contribution in [0.5, 0.6) is 0 Å². The molecule has 0 saturated heterocycles. The molecule has 0 aliphatic heterocycles. The van der Waals surface area contributed by atoms with Crippen molar-refractivity contribution in [2.75, 3.05) is 40.3 Å². The zero-order chi connectivity index (χ0) is 19.4. The fraction of sp³-hybridized carbons (Fsp3) is 0.600. The van der Waals surface area contributed by atoms with E-state index >= 15 is 0 Å². The molecule has 0 bridgehead atoms. The molecule has 0 fully saturated rings. The van der Waals surface area contributed by atoms with Gasteiger partial charge in [-0.25, -0.2) is 0 Å². The molecule has 1 aromatic carbocycles. The van der Waals surface area contributed by atoms with E-state index in [2.05, 4.69) is 34.9 Å². The molecule has 1 rings (SSSR count). The molecule has 0 radical (unpaired) electrons. The van der Waals surface area contributed by atoms with E-state index in [1.807, 2.05) is 25.9 Å². The van der Waals surface area contributed by atoms with Gasteiger partial charge in [-0.05, 0) is 57.5 Å². The van der Waals surface area contributed by atoms with Gasteiger partial charge in [-0.2, -0.15) is 0 Å². The summed E-state index contributed by atoms with van der Waals surface area (Å²) < 4.78 is 0. The van der Waals surface area contributed by atoms with Crippen LogP contribution in [0.2, 0.25) is 0 Å². The van der Waals surface area contributed by atoms with Crippen LogP contribution in [0.4, 0.5) is 0 Å². The average Bonchev–Trinajstić information content (AvgIpc) is 2.58. The monoisotopic (exact) mass is 362 g/mol. The molecule has 0 aliphatic rings. The summed E-state index contributed by atoms with van der Waals surface area (Å²) in [6.07, 6.45) is 3.81. The zero-order valence-corrected chi connectivity index (χ0v) is 16.4. The number of rotatable bonds is 13. The lowest BCUT2D eigenvalue weighted by Crippen LogP contribution is -2.35. The van der Waals surface area contributed by atoms with E-state index in [4.69, 9.17) is 5.73 Å². The Bertz CT molecular complexity index is 560. The van der Waals surface area contributed by atoms with Crippen LogP contribution < -0.4 is 16.4 Å². The van der Waals surface area contributed by atoms with Crippen molar-refractivity contribution in [3.8, 4) is 0 Å². The predicted molar refractivity (Wildman–Crippen MR) is 106 cm³/mol. The lowest BCUT2D eigenvalue weighted by atomic mass is 9.99. The third-order valence-corrected chi connectivity index (χ3v) is 4.23. The first-order chi connectivity index (χ1) is 12.4. The largest absolute Gasteiger partial charge is 0.369 e. The molecule has 2 amide bonds. The molecule has 1 unspecified atom stereocenters. The summed E-state index contributed by atoms with van der Waals surface area (Å²) in [7, 11) is 3.95. The number of carbonyl (C=O) groups is 2. The van der Waals surface area contributed by atoms with Crippen LogP contribution in [0.1, 0.15) is 30.9 Å². The topological polar surface area (TPSA) is 87.5 Å². The van der Waals surface area contributed by atoms with Crippen molar-refractivity contribution in [2.24, 2.45) is 11.7 Å². The van der Waals surface area contributed by atoms with E-state index in [1.165, 1.54) is 11.1 Å². The van der Waals surface area contributed by atoms with Gasteiger partial charge in [-0.3, -0.25) is 9.59 Å². The Balaban J connectivity index is 2.32. The molecule has 0 aromatic heterocycles. The molecule has 0 saturated carbocycles. The van der Waals surface area contributed by atoms with Gasteiger partial charge in [0, 0.05) is 19.0 Å². The molecule has 146 valence electrons. The van der Waals surface area contributed by atoms with Crippen molar-refractivity contribution in [3.05, 3.63) is 35.4 Å². The van der Waals surface area contributed by atoms with Crippen LogP contribution >= 0.6 is 0 Å². The number of carbonyl (C=O) groups excluding carboxylic acids is 2. The minimum Gasteiger partial charge on any atom is -0.369 e. The third-order valence-electron chi connectivity index (χ3n) is 4.23. The van der Waals surface area contributed by atoms with Gasteiger partial charge in [-0.15, -0.1) is 0 Å². The van der Waals surface area contributed by atoms with Crippen molar-refractivity contribution in [1.29, 1.82) is 0 Å². The molecule has 0 heterocycles. The Morgan fingerprint density at radius 3 is 2.19 bits per heavy atom. The maximum Gasteiger partial charge on any atom is 0.231 e. The van der Waals surface area contributed by atoms with Crippen LogP contribution in [0, 0.1) is 5.92 Å². The summed E-state index contributed by atoms with van der Waals surface area (Å²) in [5, 5.41) is 6.07. The van der Waals surface area contributed by atoms with Gasteiger partial charge in [-0.1, -0.05) is 31.2 Å². The van der Waals surface area contributed by atoms with Crippen molar-refractivity contribution < 1.29 is 9.59 Å². The van der Waals surface area contributed by atoms with Crippen molar-refractivity contribution in [1.82, 2.24) is 15.5 Å². The van der Waals surface area contributed by atoms with E-state index in [9.17, 15) is 9.59 Å². The molecule has 26 heavy (non-hydrogen) atoms. The van der Waals surface area contributed by atoms with Crippen LogP contribution in [-0.2, 0) is 22.4 Å². The molecule has 1 atom stereocenters. The summed E-state index contributed by atoms with van der Waals surface area (Å²) in [4.78, 5) is 24.8. The van der Waals surface area contributed by atoms with Crippen molar-refractivity contribution in [3.63, 3.8) is 0 Å². The summed E-state index contributed by atoms with van der Waals surface area (Å²) in [6.45, 7) is 4.42. The first-order valence-electron chi connectivity index (χ1n) is 9.38. The quantitative estimate of drug-likeness (QED) is 0.456. The van der Waals surface area contributed by atoms with E-state index in [0.717, 1.165) is 38.8 Å². The Morgan fingerprint density at radius 1 is 1.08 bits per heavy atom. The van der Waals surface area contributed by atoms with Gasteiger partial charge in [0.1, 0.15) is 0 Å². The summed E-state index contributed by atoms with van der Waals surface area (Å²) in [6, 6.07) is 8.42. The van der Waals surface area contributed by atoms with Gasteiger partial charge in [0.15, 0.2) is 0 Å². The smallest absolute Gasteiger partial charge is 0.231 e. The number of primary amides is 1. The lowest BCUT2D eigenvalue weighted by Gasteiger charge is -2.16. The van der Waals surface area contributed by atoms with Crippen molar-refractivity contribution in [2.45, 2.75) is 32.6 Å². The Hall–Kier alpha value is -1.92. The highest BCUT2D eigenvalue weighted by Gasteiger charge is 2.12. The molecule has 4 N–H and O–H groups in total. The highest BCUT2D eigenvalue weighted by Crippen LogP contribution is 2.13. The predicted octanol–water partition coefficient (Wildman–Crippen LogP) is 0.941. The molecule has 6 heteroatoms. The average molecular weight is 363 g/mol. The highest BCUT2D eigenvalue weighted by atomic mass is 16.2. The fourth-order valence-electron chi connectivity index (χ4n) is 2.96. The Morgan fingerprint density at radius 2 is 1.65 bits per heavy atom. The SMILES string of the molecule is CC(CN(C)C)C(=O)NCCCc1ccccc1CCCNCC(N)=O. The molecular weight excluding hydrogens is 328 g/mol. The lowest BCUT2D eigenvalue weighted by molar-refractivity contribution is -0.124. The minimum atomic E-state index is -0.327. The van der Waals surface area contributed by atoms with Crippen LogP contribution in [0.15, 0.2) is 24.3 Å². The number of benzene rings is 1. The first-order valence-corrected chi connectivity index (χ1v) is 9.38. The maximum absolute atomic E-state index is 12.0. The van der Waals surface area contributed by atoms with Crippen LogP contribution in [0.3, 0.4) is 0 Å². The second kappa shape index (κ2) is 12.4. The maximum atomic E-state index is 12.0. The Labute approximate surface area is 157 Å². The molecule has 1 aromatic rings. The molecule has 0 spiro atoms. The molecular formula is C20H34N4O2. The second-order valence-corrected chi connectivity index (χ2v) is 7.07. The first kappa shape index (κ1) is 22.1. The highest BCUT2D eigenvalue weighted by molar-refractivity contribution is 5.78. The summed E-state index contributed by atoms with van der Waals surface area (Å²) in [5.74, 6) is -0.204. The number of hydrogen-bond acceptors (Lipinski definition) is 4. The minimum absolute atomic E-state index is 0.00480. The zero-order valence-electron chi connectivity index (χ0n) is 16.4. The summed E-state index contributed by atoms with van der Waals surface area (Å²) >= 11 is 0. The van der Waals surface area contributed by atoms with Crippen LogP contribution in [0.25, 0.3) is 0 Å². The third kappa shape index (κ3) is 9.53. The normalized spacial score (nSPS) is 12.2. The molecule has 6 nitrogen and oxygen atoms in total. The van der Waals surface area contributed by atoms with Gasteiger partial charge in [0.25, 0.3) is 0 Å². The number of amides is 2. The Kier molecular flexibility index (Phi) is 10.6. The van der Waals surface area contributed by atoms with Gasteiger partial charge in [0.2, 0.25) is 11.8 Å². The van der Waals surface area contributed by atoms with E-state index in [0.29, 0.717) is 6.54 Å². The second-order valence-electron chi connectivity index (χ2n) is 7.07. The van der Waals surface area contributed by atoms with E-state index in [-0.39, 0.29) is 24.3 Å². The fourth-order valence-corrected chi connectivity index (χ4v) is 2.96. The van der Waals surface area contributed by atoms with Gasteiger partial charge < -0.3 is 21.3 Å².